The van der Waals surface area contributed by atoms with Gasteiger partial charge in [0.2, 0.25) is 5.91 Å². The summed E-state index contributed by atoms with van der Waals surface area (Å²) in [4.78, 5) is 50.5. The molecule has 1 aliphatic heterocycles. The monoisotopic (exact) mass is 512 g/mol. The first-order chi connectivity index (χ1) is 17.2. The summed E-state index contributed by atoms with van der Waals surface area (Å²) in [5, 5.41) is 2.21. The summed E-state index contributed by atoms with van der Waals surface area (Å²) < 4.78 is 16.0. The third kappa shape index (κ3) is 7.11. The Morgan fingerprint density at radius 2 is 1.69 bits per heavy atom. The van der Waals surface area contributed by atoms with Gasteiger partial charge < -0.3 is 19.5 Å². The second kappa shape index (κ2) is 12.3. The van der Waals surface area contributed by atoms with Gasteiger partial charge in [-0.1, -0.05) is 12.1 Å². The number of thioether (sulfide) groups is 1. The minimum absolute atomic E-state index is 0.182. The highest BCUT2D eigenvalue weighted by Crippen LogP contribution is 2.34. The second-order valence-corrected chi connectivity index (χ2v) is 8.92. The molecule has 0 unspecified atom stereocenters. The van der Waals surface area contributed by atoms with E-state index in [9.17, 15) is 19.2 Å². The van der Waals surface area contributed by atoms with Crippen LogP contribution in [0.4, 0.5) is 10.5 Å². The number of ether oxygens (including phenoxy) is 3. The van der Waals surface area contributed by atoms with Gasteiger partial charge in [0.05, 0.1) is 18.1 Å². The van der Waals surface area contributed by atoms with E-state index in [0.29, 0.717) is 29.4 Å². The maximum Gasteiger partial charge on any atom is 0.344 e. The number of carbonyl (C=O) groups is 4. The maximum absolute atomic E-state index is 12.9. The number of anilines is 1. The van der Waals surface area contributed by atoms with Gasteiger partial charge in [-0.25, -0.2) is 4.79 Å². The number of imide groups is 1. The number of nitrogens with zero attached hydrogens (tertiary/aromatic N) is 1. The van der Waals surface area contributed by atoms with E-state index in [1.54, 1.807) is 38.1 Å². The van der Waals surface area contributed by atoms with Crippen molar-refractivity contribution in [1.82, 2.24) is 4.90 Å². The van der Waals surface area contributed by atoms with Gasteiger partial charge in [0.25, 0.3) is 11.1 Å². The van der Waals surface area contributed by atoms with E-state index in [4.69, 9.17) is 14.2 Å². The maximum atomic E-state index is 12.9. The molecule has 0 bridgehead atoms. The lowest BCUT2D eigenvalue weighted by molar-refractivity contribution is -0.145. The molecule has 1 fully saturated rings. The van der Waals surface area contributed by atoms with Crippen LogP contribution in [0.5, 0.6) is 11.5 Å². The number of carbonyl (C=O) groups excluding carboxylic acids is 4. The summed E-state index contributed by atoms with van der Waals surface area (Å²) in [5.41, 5.74) is 3.17. The average Bonchev–Trinajstić information content (AvgIpc) is 3.05. The number of amides is 3. The van der Waals surface area contributed by atoms with Crippen LogP contribution in [-0.2, 0) is 19.1 Å². The minimum Gasteiger partial charge on any atom is -0.490 e. The van der Waals surface area contributed by atoms with Crippen LogP contribution < -0.4 is 14.8 Å². The van der Waals surface area contributed by atoms with Crippen LogP contribution in [0.15, 0.2) is 41.3 Å². The highest BCUT2D eigenvalue weighted by Gasteiger charge is 2.36. The first-order valence-electron chi connectivity index (χ1n) is 11.4. The minimum atomic E-state index is -0.554. The lowest BCUT2D eigenvalue weighted by Gasteiger charge is -2.13. The lowest BCUT2D eigenvalue weighted by Crippen LogP contribution is -2.36. The third-order valence-corrected chi connectivity index (χ3v) is 5.80. The van der Waals surface area contributed by atoms with Crippen molar-refractivity contribution in [2.45, 2.75) is 27.7 Å². The van der Waals surface area contributed by atoms with Crippen molar-refractivity contribution in [1.29, 1.82) is 0 Å². The van der Waals surface area contributed by atoms with Crippen LogP contribution in [0.2, 0.25) is 0 Å². The van der Waals surface area contributed by atoms with Crippen molar-refractivity contribution in [3.05, 3.63) is 58.0 Å². The van der Waals surface area contributed by atoms with Crippen molar-refractivity contribution in [2.24, 2.45) is 0 Å². The molecule has 0 aliphatic carbocycles. The Morgan fingerprint density at radius 1 is 0.972 bits per heavy atom. The van der Waals surface area contributed by atoms with E-state index in [-0.39, 0.29) is 24.7 Å². The van der Waals surface area contributed by atoms with Gasteiger partial charge >= 0.3 is 5.97 Å². The number of hydrogen-bond donors (Lipinski definition) is 1. The Balaban J connectivity index is 1.70. The first-order valence-corrected chi connectivity index (χ1v) is 12.2. The smallest absolute Gasteiger partial charge is 0.344 e. The zero-order chi connectivity index (χ0) is 26.2. The summed E-state index contributed by atoms with van der Waals surface area (Å²) in [7, 11) is 0. The molecule has 1 saturated heterocycles. The predicted molar refractivity (Wildman–Crippen MR) is 137 cm³/mol. The van der Waals surface area contributed by atoms with E-state index in [0.717, 1.165) is 27.8 Å². The molecule has 9 nitrogen and oxygen atoms in total. The molecule has 36 heavy (non-hydrogen) atoms. The molecule has 1 N–H and O–H groups in total. The van der Waals surface area contributed by atoms with Crippen molar-refractivity contribution in [3.8, 4) is 11.5 Å². The topological polar surface area (TPSA) is 111 Å². The molecule has 1 aliphatic rings. The van der Waals surface area contributed by atoms with Crippen LogP contribution in [-0.4, -0.2) is 54.3 Å². The van der Waals surface area contributed by atoms with Crippen molar-refractivity contribution < 1.29 is 33.4 Å². The molecule has 2 aromatic carbocycles. The van der Waals surface area contributed by atoms with Crippen LogP contribution in [0.25, 0.3) is 6.08 Å². The normalized spacial score (nSPS) is 14.2. The Bertz CT molecular complexity index is 1190. The standard InChI is InChI=1S/C26H28N2O7S/c1-5-33-21-12-18(7-8-20(21)35-15-24(30)34-6-2)13-22-25(31)28(26(32)36-22)14-23(29)27-19-10-16(3)9-17(4)11-19/h7-13H,5-6,14-15H2,1-4H3,(H,27,29)/b22-13-. The van der Waals surface area contributed by atoms with E-state index >= 15 is 0 Å². The molecular weight excluding hydrogens is 484 g/mol. The molecule has 0 atom stereocenters. The summed E-state index contributed by atoms with van der Waals surface area (Å²) in [6.07, 6.45) is 1.55. The molecule has 3 amide bonds. The highest BCUT2D eigenvalue weighted by atomic mass is 32.2. The van der Waals surface area contributed by atoms with Gasteiger partial charge in [0, 0.05) is 5.69 Å². The summed E-state index contributed by atoms with van der Waals surface area (Å²) >= 11 is 0.758. The van der Waals surface area contributed by atoms with Crippen LogP contribution in [0.1, 0.15) is 30.5 Å². The average molecular weight is 513 g/mol. The van der Waals surface area contributed by atoms with Crippen molar-refractivity contribution >= 4 is 46.5 Å². The Kier molecular flexibility index (Phi) is 9.13. The SMILES string of the molecule is CCOC(=O)COc1ccc(/C=C2\SC(=O)N(CC(=O)Nc3cc(C)cc(C)c3)C2=O)cc1OCC. The molecule has 0 spiro atoms. The molecule has 190 valence electrons. The Morgan fingerprint density at radius 3 is 2.36 bits per heavy atom. The van der Waals surface area contributed by atoms with E-state index < -0.39 is 23.0 Å². The van der Waals surface area contributed by atoms with Gasteiger partial charge in [-0.15, -0.1) is 0 Å². The summed E-state index contributed by atoms with van der Waals surface area (Å²) in [6.45, 7) is 7.29. The lowest BCUT2D eigenvalue weighted by atomic mass is 10.1. The molecule has 1 heterocycles. The molecule has 0 radical (unpaired) electrons. The quantitative estimate of drug-likeness (QED) is 0.370. The fourth-order valence-electron chi connectivity index (χ4n) is 3.52. The van der Waals surface area contributed by atoms with Crippen LogP contribution in [0.3, 0.4) is 0 Å². The largest absolute Gasteiger partial charge is 0.490 e. The molecule has 10 heteroatoms. The Labute approximate surface area is 213 Å². The number of aryl methyl sites for hydroxylation is 2. The zero-order valence-electron chi connectivity index (χ0n) is 20.6. The number of benzene rings is 2. The van der Waals surface area contributed by atoms with Crippen molar-refractivity contribution in [2.75, 3.05) is 31.7 Å². The van der Waals surface area contributed by atoms with Gasteiger partial charge in [-0.2, -0.15) is 0 Å². The summed E-state index contributed by atoms with van der Waals surface area (Å²) in [5.74, 6) is -0.799. The fraction of sp³-hybridized carbons (Fsp3) is 0.308. The fourth-order valence-corrected chi connectivity index (χ4v) is 4.36. The molecular formula is C26H28N2O7S. The number of esters is 1. The van der Waals surface area contributed by atoms with E-state index in [2.05, 4.69) is 5.32 Å². The molecule has 2 aromatic rings. The van der Waals surface area contributed by atoms with E-state index in [1.807, 2.05) is 32.0 Å². The van der Waals surface area contributed by atoms with Crippen LogP contribution in [0, 0.1) is 13.8 Å². The van der Waals surface area contributed by atoms with Gasteiger partial charge in [0.15, 0.2) is 18.1 Å². The second-order valence-electron chi connectivity index (χ2n) is 7.93. The van der Waals surface area contributed by atoms with Crippen LogP contribution >= 0.6 is 11.8 Å². The van der Waals surface area contributed by atoms with Gasteiger partial charge in [-0.05, 0) is 86.5 Å². The van der Waals surface area contributed by atoms with Crippen molar-refractivity contribution in [3.63, 3.8) is 0 Å². The zero-order valence-corrected chi connectivity index (χ0v) is 21.4. The number of hydrogen-bond acceptors (Lipinski definition) is 8. The molecule has 0 aromatic heterocycles. The third-order valence-electron chi connectivity index (χ3n) is 4.90. The first kappa shape index (κ1) is 26.8. The van der Waals surface area contributed by atoms with E-state index in [1.165, 1.54) is 0 Å². The summed E-state index contributed by atoms with van der Waals surface area (Å²) in [6, 6.07) is 10.5. The Hall–Kier alpha value is -3.79. The van der Waals surface area contributed by atoms with Gasteiger partial charge in [-0.3, -0.25) is 19.3 Å². The number of rotatable bonds is 10. The van der Waals surface area contributed by atoms with Gasteiger partial charge in [0.1, 0.15) is 6.54 Å². The molecule has 0 saturated carbocycles. The molecule has 3 rings (SSSR count). The predicted octanol–water partition coefficient (Wildman–Crippen LogP) is 4.32. The highest BCUT2D eigenvalue weighted by molar-refractivity contribution is 8.18. The number of nitrogens with one attached hydrogen (secondary N) is 1.